The van der Waals surface area contributed by atoms with Crippen LogP contribution in [0.3, 0.4) is 0 Å². The molecule has 0 aliphatic heterocycles. The molecule has 0 atom stereocenters. The lowest BCUT2D eigenvalue weighted by atomic mass is 10.2. The molecular formula is C15H11N3S. The maximum atomic E-state index is 5.81. The van der Waals surface area contributed by atoms with Gasteiger partial charge in [0.25, 0.3) is 0 Å². The Morgan fingerprint density at radius 3 is 2.74 bits per heavy atom. The Morgan fingerprint density at radius 2 is 1.89 bits per heavy atom. The van der Waals surface area contributed by atoms with E-state index in [2.05, 4.69) is 22.7 Å². The molecule has 4 rings (SSSR count). The van der Waals surface area contributed by atoms with Crippen LogP contribution in [0.1, 0.15) is 0 Å². The normalized spacial score (nSPS) is 11.4. The highest BCUT2D eigenvalue weighted by atomic mass is 32.1. The maximum absolute atomic E-state index is 5.81. The fraction of sp³-hybridized carbons (Fsp3) is 0. The molecule has 0 aliphatic carbocycles. The fourth-order valence-corrected chi connectivity index (χ4v) is 3.32. The molecule has 0 aliphatic rings. The van der Waals surface area contributed by atoms with Crippen LogP contribution in [0.2, 0.25) is 0 Å². The Kier molecular flexibility index (Phi) is 2.13. The Hall–Kier alpha value is -2.33. The number of hydrogen-bond acceptors (Lipinski definition) is 3. The van der Waals surface area contributed by atoms with Gasteiger partial charge in [0.1, 0.15) is 0 Å². The number of nitrogens with two attached hydrogens (primary N) is 1. The number of nitrogens with zero attached hydrogens (tertiary/aromatic N) is 2. The van der Waals surface area contributed by atoms with Crippen molar-refractivity contribution in [3.05, 3.63) is 54.7 Å². The highest BCUT2D eigenvalue weighted by Crippen LogP contribution is 2.30. The molecule has 0 fully saturated rings. The van der Waals surface area contributed by atoms with E-state index in [4.69, 9.17) is 10.7 Å². The van der Waals surface area contributed by atoms with Gasteiger partial charge in [-0.15, -0.1) is 0 Å². The number of benzene rings is 2. The molecule has 4 heteroatoms. The molecule has 0 radical (unpaired) electrons. The number of thiazole rings is 1. The summed E-state index contributed by atoms with van der Waals surface area (Å²) in [5.74, 6) is 0. The van der Waals surface area contributed by atoms with Gasteiger partial charge in [-0.25, -0.2) is 4.98 Å². The number of nitrogen functional groups attached to an aromatic ring is 1. The van der Waals surface area contributed by atoms with E-state index in [9.17, 15) is 0 Å². The van der Waals surface area contributed by atoms with Crippen molar-refractivity contribution in [1.82, 2.24) is 9.38 Å². The van der Waals surface area contributed by atoms with Gasteiger partial charge in [-0.1, -0.05) is 41.7 Å². The second kappa shape index (κ2) is 3.83. The van der Waals surface area contributed by atoms with Gasteiger partial charge in [-0.05, 0) is 18.2 Å². The average molecular weight is 265 g/mol. The first-order valence-corrected chi connectivity index (χ1v) is 6.85. The van der Waals surface area contributed by atoms with Gasteiger partial charge in [0, 0.05) is 17.4 Å². The quantitative estimate of drug-likeness (QED) is 0.532. The highest BCUT2D eigenvalue weighted by Gasteiger charge is 2.09. The fourth-order valence-electron chi connectivity index (χ4n) is 2.27. The predicted octanol–water partition coefficient (Wildman–Crippen LogP) is 3.80. The van der Waals surface area contributed by atoms with Gasteiger partial charge >= 0.3 is 0 Å². The number of aromatic nitrogens is 2. The van der Waals surface area contributed by atoms with Crippen molar-refractivity contribution in [2.75, 3.05) is 5.73 Å². The number of fused-ring (bicyclic) bond motifs is 3. The van der Waals surface area contributed by atoms with Crippen molar-refractivity contribution in [3.8, 4) is 11.3 Å². The molecule has 19 heavy (non-hydrogen) atoms. The molecule has 0 saturated carbocycles. The zero-order valence-corrected chi connectivity index (χ0v) is 10.9. The molecule has 4 aromatic rings. The second-order valence-electron chi connectivity index (χ2n) is 4.47. The standard InChI is InChI=1S/C15H11N3S/c16-11-6-7-13-14(8-11)19-15-17-12(9-18(13)15)10-4-2-1-3-5-10/h1-9H,16H2. The first-order chi connectivity index (χ1) is 9.31. The zero-order chi connectivity index (χ0) is 12.8. The molecule has 0 bridgehead atoms. The van der Waals surface area contributed by atoms with E-state index in [1.165, 1.54) is 4.70 Å². The monoisotopic (exact) mass is 265 g/mol. The van der Waals surface area contributed by atoms with Crippen molar-refractivity contribution in [1.29, 1.82) is 0 Å². The molecule has 0 saturated heterocycles. The van der Waals surface area contributed by atoms with Crippen LogP contribution < -0.4 is 5.73 Å². The molecule has 0 amide bonds. The number of rotatable bonds is 1. The highest BCUT2D eigenvalue weighted by molar-refractivity contribution is 7.23. The first-order valence-electron chi connectivity index (χ1n) is 6.04. The van der Waals surface area contributed by atoms with Gasteiger partial charge < -0.3 is 5.73 Å². The van der Waals surface area contributed by atoms with Crippen molar-refractivity contribution < 1.29 is 0 Å². The van der Waals surface area contributed by atoms with Gasteiger partial charge in [-0.3, -0.25) is 4.40 Å². The Balaban J connectivity index is 1.98. The van der Waals surface area contributed by atoms with E-state index < -0.39 is 0 Å². The number of imidazole rings is 1. The van der Waals surface area contributed by atoms with Crippen LogP contribution in [0.4, 0.5) is 5.69 Å². The molecule has 92 valence electrons. The third-order valence-corrected chi connectivity index (χ3v) is 4.21. The van der Waals surface area contributed by atoms with E-state index in [1.54, 1.807) is 11.3 Å². The van der Waals surface area contributed by atoms with Crippen LogP contribution in [-0.4, -0.2) is 9.38 Å². The second-order valence-corrected chi connectivity index (χ2v) is 5.48. The van der Waals surface area contributed by atoms with E-state index in [0.717, 1.165) is 27.4 Å². The van der Waals surface area contributed by atoms with Crippen molar-refractivity contribution in [3.63, 3.8) is 0 Å². The summed E-state index contributed by atoms with van der Waals surface area (Å²) in [5.41, 5.74) is 9.91. The summed E-state index contributed by atoms with van der Waals surface area (Å²) >= 11 is 1.66. The van der Waals surface area contributed by atoms with Gasteiger partial charge in [0.15, 0.2) is 4.96 Å². The van der Waals surface area contributed by atoms with Crippen molar-refractivity contribution in [2.45, 2.75) is 0 Å². The molecule has 2 aromatic carbocycles. The molecule has 0 unspecified atom stereocenters. The Morgan fingerprint density at radius 1 is 1.05 bits per heavy atom. The van der Waals surface area contributed by atoms with Crippen molar-refractivity contribution >= 4 is 32.2 Å². The van der Waals surface area contributed by atoms with Crippen LogP contribution in [0.15, 0.2) is 54.7 Å². The molecule has 0 spiro atoms. The Labute approximate surface area is 113 Å². The smallest absolute Gasteiger partial charge is 0.195 e. The number of hydrogen-bond donors (Lipinski definition) is 1. The lowest BCUT2D eigenvalue weighted by molar-refractivity contribution is 1.30. The summed E-state index contributed by atoms with van der Waals surface area (Å²) in [6, 6.07) is 16.2. The van der Waals surface area contributed by atoms with Gasteiger partial charge in [0.05, 0.1) is 15.9 Å². The molecule has 2 heterocycles. The Bertz CT molecular complexity index is 874. The first kappa shape index (κ1) is 10.6. The summed E-state index contributed by atoms with van der Waals surface area (Å²) in [5, 5.41) is 0. The van der Waals surface area contributed by atoms with E-state index in [0.29, 0.717) is 0 Å². The molecule has 2 N–H and O–H groups in total. The van der Waals surface area contributed by atoms with E-state index in [-0.39, 0.29) is 0 Å². The summed E-state index contributed by atoms with van der Waals surface area (Å²) < 4.78 is 3.30. The van der Waals surface area contributed by atoms with Crippen LogP contribution in [0, 0.1) is 0 Å². The zero-order valence-electron chi connectivity index (χ0n) is 10.1. The summed E-state index contributed by atoms with van der Waals surface area (Å²) in [6.07, 6.45) is 2.08. The third-order valence-electron chi connectivity index (χ3n) is 3.19. The van der Waals surface area contributed by atoms with E-state index in [1.807, 2.05) is 36.4 Å². The lowest BCUT2D eigenvalue weighted by Crippen LogP contribution is -1.83. The summed E-state index contributed by atoms with van der Waals surface area (Å²) in [7, 11) is 0. The molecule has 3 nitrogen and oxygen atoms in total. The minimum atomic E-state index is 0.792. The average Bonchev–Trinajstić information content (AvgIpc) is 2.96. The largest absolute Gasteiger partial charge is 0.399 e. The SMILES string of the molecule is Nc1ccc2c(c1)sc1nc(-c3ccccc3)cn12. The number of anilines is 1. The summed E-state index contributed by atoms with van der Waals surface area (Å²) in [4.78, 5) is 5.69. The van der Waals surface area contributed by atoms with Gasteiger partial charge in [-0.2, -0.15) is 0 Å². The maximum Gasteiger partial charge on any atom is 0.195 e. The third kappa shape index (κ3) is 1.61. The minimum absolute atomic E-state index is 0.792. The minimum Gasteiger partial charge on any atom is -0.399 e. The lowest BCUT2D eigenvalue weighted by Gasteiger charge is -1.95. The van der Waals surface area contributed by atoms with Gasteiger partial charge in [0.2, 0.25) is 0 Å². The molecule has 2 aromatic heterocycles. The van der Waals surface area contributed by atoms with Crippen LogP contribution in [0.5, 0.6) is 0 Å². The van der Waals surface area contributed by atoms with Crippen molar-refractivity contribution in [2.24, 2.45) is 0 Å². The molecular weight excluding hydrogens is 254 g/mol. The van der Waals surface area contributed by atoms with Crippen LogP contribution in [-0.2, 0) is 0 Å². The van der Waals surface area contributed by atoms with E-state index >= 15 is 0 Å². The van der Waals surface area contributed by atoms with Crippen LogP contribution >= 0.6 is 11.3 Å². The summed E-state index contributed by atoms with van der Waals surface area (Å²) in [6.45, 7) is 0. The topological polar surface area (TPSA) is 43.3 Å². The van der Waals surface area contributed by atoms with Crippen LogP contribution in [0.25, 0.3) is 26.4 Å². The predicted molar refractivity (Wildman–Crippen MR) is 80.4 cm³/mol.